The van der Waals surface area contributed by atoms with Gasteiger partial charge in [-0.3, -0.25) is 14.0 Å². The number of hydrogen-bond donors (Lipinski definition) is 2. The first-order chi connectivity index (χ1) is 8.91. The van der Waals surface area contributed by atoms with Gasteiger partial charge in [-0.1, -0.05) is 0 Å². The second-order valence-electron chi connectivity index (χ2n) is 4.15. The second-order valence-corrected chi connectivity index (χ2v) is 5.70. The SMILES string of the molecule is CC(CCS(C)=O)NC(=O)c1ncccc1C(=O)O. The highest BCUT2D eigenvalue weighted by molar-refractivity contribution is 7.84. The molecule has 0 aliphatic rings. The average molecular weight is 284 g/mol. The van der Waals surface area contributed by atoms with Crippen molar-refractivity contribution >= 4 is 22.7 Å². The molecule has 0 radical (unpaired) electrons. The topological polar surface area (TPSA) is 96.4 Å². The van der Waals surface area contributed by atoms with E-state index in [1.807, 2.05) is 0 Å². The van der Waals surface area contributed by atoms with Crippen LogP contribution in [0.4, 0.5) is 0 Å². The molecular formula is C12H16N2O4S. The van der Waals surface area contributed by atoms with Gasteiger partial charge in [-0.15, -0.1) is 0 Å². The molecule has 0 aliphatic heterocycles. The number of amides is 1. The number of rotatable bonds is 6. The summed E-state index contributed by atoms with van der Waals surface area (Å²) in [4.78, 5) is 26.7. The third kappa shape index (κ3) is 4.78. The van der Waals surface area contributed by atoms with Crippen LogP contribution in [0, 0.1) is 0 Å². The number of carbonyl (C=O) groups excluding carboxylic acids is 1. The van der Waals surface area contributed by atoms with Crippen LogP contribution >= 0.6 is 0 Å². The Labute approximate surface area is 113 Å². The first-order valence-corrected chi connectivity index (χ1v) is 7.43. The van der Waals surface area contributed by atoms with Crippen LogP contribution in [0.2, 0.25) is 0 Å². The molecule has 104 valence electrons. The third-order valence-electron chi connectivity index (χ3n) is 2.47. The molecule has 7 heteroatoms. The van der Waals surface area contributed by atoms with Gasteiger partial charge in [0.1, 0.15) is 5.69 Å². The summed E-state index contributed by atoms with van der Waals surface area (Å²) in [6, 6.07) is 2.60. The maximum atomic E-state index is 11.9. The van der Waals surface area contributed by atoms with E-state index < -0.39 is 22.7 Å². The molecule has 2 unspecified atom stereocenters. The van der Waals surface area contributed by atoms with E-state index in [0.29, 0.717) is 12.2 Å². The molecule has 0 aliphatic carbocycles. The molecule has 0 fully saturated rings. The quantitative estimate of drug-likeness (QED) is 0.800. The number of carboxylic acid groups (broad SMARTS) is 1. The number of carbonyl (C=O) groups is 2. The minimum Gasteiger partial charge on any atom is -0.478 e. The van der Waals surface area contributed by atoms with Crippen LogP contribution in [0.15, 0.2) is 18.3 Å². The van der Waals surface area contributed by atoms with Gasteiger partial charge in [0.05, 0.1) is 5.56 Å². The first-order valence-electron chi connectivity index (χ1n) is 5.71. The lowest BCUT2D eigenvalue weighted by Gasteiger charge is -2.13. The minimum atomic E-state index is -1.19. The van der Waals surface area contributed by atoms with Gasteiger partial charge in [0.25, 0.3) is 5.91 Å². The van der Waals surface area contributed by atoms with Crippen LogP contribution in [0.25, 0.3) is 0 Å². The molecule has 0 saturated carbocycles. The van der Waals surface area contributed by atoms with Crippen molar-refractivity contribution in [2.45, 2.75) is 19.4 Å². The van der Waals surface area contributed by atoms with Crippen molar-refractivity contribution in [3.8, 4) is 0 Å². The van der Waals surface area contributed by atoms with Crippen LogP contribution in [0.1, 0.15) is 34.2 Å². The number of pyridine rings is 1. The molecule has 2 atom stereocenters. The predicted octanol–water partition coefficient (Wildman–Crippen LogP) is 0.667. The van der Waals surface area contributed by atoms with Gasteiger partial charge in [0.2, 0.25) is 0 Å². The molecule has 6 nitrogen and oxygen atoms in total. The molecule has 1 aromatic heterocycles. The Bertz CT molecular complexity index is 504. The van der Waals surface area contributed by atoms with Crippen LogP contribution in [0.3, 0.4) is 0 Å². The van der Waals surface area contributed by atoms with E-state index in [-0.39, 0.29) is 17.3 Å². The van der Waals surface area contributed by atoms with Crippen molar-refractivity contribution in [1.82, 2.24) is 10.3 Å². The zero-order chi connectivity index (χ0) is 14.4. The summed E-state index contributed by atoms with van der Waals surface area (Å²) in [5.74, 6) is -1.25. The zero-order valence-electron chi connectivity index (χ0n) is 10.8. The smallest absolute Gasteiger partial charge is 0.338 e. The van der Waals surface area contributed by atoms with Gasteiger partial charge in [0, 0.05) is 35.0 Å². The van der Waals surface area contributed by atoms with Crippen molar-refractivity contribution in [3.63, 3.8) is 0 Å². The lowest BCUT2D eigenvalue weighted by Crippen LogP contribution is -2.35. The highest BCUT2D eigenvalue weighted by Crippen LogP contribution is 2.06. The molecular weight excluding hydrogens is 268 g/mol. The van der Waals surface area contributed by atoms with Crippen molar-refractivity contribution in [3.05, 3.63) is 29.6 Å². The second kappa shape index (κ2) is 6.98. The lowest BCUT2D eigenvalue weighted by molar-refractivity contribution is 0.0689. The maximum absolute atomic E-state index is 11.9. The molecule has 0 bridgehead atoms. The lowest BCUT2D eigenvalue weighted by atomic mass is 10.1. The number of nitrogens with one attached hydrogen (secondary N) is 1. The summed E-state index contributed by atoms with van der Waals surface area (Å²) in [5, 5.41) is 11.6. The van der Waals surface area contributed by atoms with E-state index in [1.54, 1.807) is 13.2 Å². The Hall–Kier alpha value is -1.76. The van der Waals surface area contributed by atoms with Crippen LogP contribution in [-0.2, 0) is 10.8 Å². The number of nitrogens with zero attached hydrogens (tertiary/aromatic N) is 1. The van der Waals surface area contributed by atoms with Crippen molar-refractivity contribution < 1.29 is 18.9 Å². The molecule has 1 heterocycles. The summed E-state index contributed by atoms with van der Waals surface area (Å²) >= 11 is 0. The Kier molecular flexibility index (Phi) is 5.62. The molecule has 0 spiro atoms. The number of aromatic carboxylic acids is 1. The summed E-state index contributed by atoms with van der Waals surface area (Å²) in [5.41, 5.74) is -0.245. The van der Waals surface area contributed by atoms with Crippen molar-refractivity contribution in [1.29, 1.82) is 0 Å². The maximum Gasteiger partial charge on any atom is 0.338 e. The molecule has 1 amide bonds. The highest BCUT2D eigenvalue weighted by atomic mass is 32.2. The Morgan fingerprint density at radius 2 is 2.21 bits per heavy atom. The number of aromatic nitrogens is 1. The summed E-state index contributed by atoms with van der Waals surface area (Å²) in [6.07, 6.45) is 3.52. The largest absolute Gasteiger partial charge is 0.478 e. The van der Waals surface area contributed by atoms with Crippen molar-refractivity contribution in [2.24, 2.45) is 0 Å². The Balaban J connectivity index is 2.73. The van der Waals surface area contributed by atoms with E-state index in [1.165, 1.54) is 18.3 Å². The van der Waals surface area contributed by atoms with Crippen LogP contribution in [-0.4, -0.2) is 44.2 Å². The fourth-order valence-electron chi connectivity index (χ4n) is 1.47. The summed E-state index contributed by atoms with van der Waals surface area (Å²) in [7, 11) is -0.918. The van der Waals surface area contributed by atoms with Gasteiger partial charge in [-0.05, 0) is 25.5 Å². The Morgan fingerprint density at radius 3 is 2.79 bits per heavy atom. The minimum absolute atomic E-state index is 0.112. The van der Waals surface area contributed by atoms with E-state index in [4.69, 9.17) is 5.11 Å². The first kappa shape index (κ1) is 15.3. The Morgan fingerprint density at radius 1 is 1.53 bits per heavy atom. The number of hydrogen-bond acceptors (Lipinski definition) is 4. The van der Waals surface area contributed by atoms with E-state index >= 15 is 0 Å². The zero-order valence-corrected chi connectivity index (χ0v) is 11.6. The normalized spacial score (nSPS) is 13.6. The van der Waals surface area contributed by atoms with Crippen molar-refractivity contribution in [2.75, 3.05) is 12.0 Å². The molecule has 19 heavy (non-hydrogen) atoms. The van der Waals surface area contributed by atoms with Gasteiger partial charge in [0.15, 0.2) is 0 Å². The summed E-state index contributed by atoms with van der Waals surface area (Å²) < 4.78 is 11.0. The standard InChI is InChI=1S/C12H16N2O4S/c1-8(5-7-19(2)18)14-11(15)10-9(12(16)17)4-3-6-13-10/h3-4,6,8H,5,7H2,1-2H3,(H,14,15)(H,16,17). The number of carboxylic acids is 1. The van der Waals surface area contributed by atoms with Gasteiger partial charge >= 0.3 is 5.97 Å². The molecule has 0 saturated heterocycles. The molecule has 1 rings (SSSR count). The van der Waals surface area contributed by atoms with Crippen LogP contribution < -0.4 is 5.32 Å². The monoisotopic (exact) mass is 284 g/mol. The van der Waals surface area contributed by atoms with E-state index in [9.17, 15) is 13.8 Å². The van der Waals surface area contributed by atoms with Gasteiger partial charge in [-0.25, -0.2) is 4.79 Å². The predicted molar refractivity (Wildman–Crippen MR) is 71.7 cm³/mol. The van der Waals surface area contributed by atoms with Gasteiger partial charge in [-0.2, -0.15) is 0 Å². The molecule has 2 N–H and O–H groups in total. The fraction of sp³-hybridized carbons (Fsp3) is 0.417. The highest BCUT2D eigenvalue weighted by Gasteiger charge is 2.18. The van der Waals surface area contributed by atoms with Crippen LogP contribution in [0.5, 0.6) is 0 Å². The molecule has 0 aromatic carbocycles. The van der Waals surface area contributed by atoms with E-state index in [0.717, 1.165) is 0 Å². The summed E-state index contributed by atoms with van der Waals surface area (Å²) in [6.45, 7) is 1.77. The average Bonchev–Trinajstić information content (AvgIpc) is 2.36. The fourth-order valence-corrected chi connectivity index (χ4v) is 2.15. The van der Waals surface area contributed by atoms with E-state index in [2.05, 4.69) is 10.3 Å². The third-order valence-corrected chi connectivity index (χ3v) is 3.28. The molecule has 1 aromatic rings. The van der Waals surface area contributed by atoms with Gasteiger partial charge < -0.3 is 10.4 Å².